The third kappa shape index (κ3) is 4.12. The van der Waals surface area contributed by atoms with Gasteiger partial charge in [0.05, 0.1) is 0 Å². The highest BCUT2D eigenvalue weighted by molar-refractivity contribution is 5.98. The second kappa shape index (κ2) is 8.60. The first-order valence-electron chi connectivity index (χ1n) is 10.7. The number of rotatable bonds is 3. The first-order chi connectivity index (χ1) is 14.4. The highest BCUT2D eigenvalue weighted by Crippen LogP contribution is 2.41. The van der Waals surface area contributed by atoms with Crippen LogP contribution >= 0.6 is 0 Å². The minimum atomic E-state index is -1.26. The van der Waals surface area contributed by atoms with Gasteiger partial charge in [-0.05, 0) is 68.3 Å². The molecule has 0 radical (unpaired) electrons. The lowest BCUT2D eigenvalue weighted by Crippen LogP contribution is -2.60. The second-order valence-corrected chi connectivity index (χ2v) is 8.64. The lowest BCUT2D eigenvalue weighted by atomic mass is 9.75. The number of piperidine rings is 3. The summed E-state index contributed by atoms with van der Waals surface area (Å²) in [4.78, 5) is 37.1. The fraction of sp³-hybridized carbons (Fsp3) is 0.522. The molecule has 160 valence electrons. The predicted octanol–water partition coefficient (Wildman–Crippen LogP) is 2.37. The number of carbonyl (C=O) groups excluding carboxylic acids is 1. The zero-order valence-corrected chi connectivity index (χ0v) is 17.0. The number of aliphatic carboxylic acids is 2. The summed E-state index contributed by atoms with van der Waals surface area (Å²) in [6.07, 6.45) is 7.38. The molecular formula is C23H28N2O5. The van der Waals surface area contributed by atoms with Gasteiger partial charge in [0.15, 0.2) is 0 Å². The van der Waals surface area contributed by atoms with Gasteiger partial charge >= 0.3 is 11.9 Å². The molecule has 1 amide bonds. The van der Waals surface area contributed by atoms with E-state index in [-0.39, 0.29) is 0 Å². The number of aryl methyl sites for hydroxylation is 1. The third-order valence-corrected chi connectivity index (χ3v) is 6.90. The summed E-state index contributed by atoms with van der Waals surface area (Å²) < 4.78 is 0. The number of amides is 1. The molecule has 7 heteroatoms. The lowest BCUT2D eigenvalue weighted by molar-refractivity contribution is -0.134. The average molecular weight is 412 g/mol. The summed E-state index contributed by atoms with van der Waals surface area (Å²) in [7, 11) is 0. The predicted molar refractivity (Wildman–Crippen MR) is 111 cm³/mol. The number of nitrogens with zero attached hydrogens (tertiary/aromatic N) is 2. The van der Waals surface area contributed by atoms with Gasteiger partial charge in [-0.25, -0.2) is 9.59 Å². The molecule has 2 N–H and O–H groups in total. The molecule has 1 aromatic carbocycles. The Morgan fingerprint density at radius 2 is 1.70 bits per heavy atom. The number of hydrogen-bond donors (Lipinski definition) is 2. The molecule has 3 fully saturated rings. The zero-order chi connectivity index (χ0) is 21.3. The maximum absolute atomic E-state index is 13.1. The molecule has 0 aromatic heterocycles. The van der Waals surface area contributed by atoms with Crippen molar-refractivity contribution in [2.75, 3.05) is 26.2 Å². The van der Waals surface area contributed by atoms with Gasteiger partial charge in [-0.3, -0.25) is 4.79 Å². The Bertz CT molecular complexity index is 856. The normalized spacial score (nSPS) is 29.2. The number of carbonyl (C=O) groups is 3. The van der Waals surface area contributed by atoms with Gasteiger partial charge in [-0.2, -0.15) is 0 Å². The van der Waals surface area contributed by atoms with Crippen LogP contribution in [0.3, 0.4) is 0 Å². The van der Waals surface area contributed by atoms with E-state index in [1.165, 1.54) is 49.9 Å². The molecule has 0 unspecified atom stereocenters. The van der Waals surface area contributed by atoms with Crippen molar-refractivity contribution >= 4 is 17.8 Å². The molecule has 4 heterocycles. The highest BCUT2D eigenvalue weighted by Gasteiger charge is 2.43. The molecule has 6 rings (SSSR count). The Kier molecular flexibility index (Phi) is 5.90. The summed E-state index contributed by atoms with van der Waals surface area (Å²) in [5, 5.41) is 15.6. The molecule has 5 aliphatic rings. The minimum absolute atomic E-state index is 0.314. The van der Waals surface area contributed by atoms with Crippen molar-refractivity contribution in [1.82, 2.24) is 9.80 Å². The van der Waals surface area contributed by atoms with Crippen molar-refractivity contribution in [1.29, 1.82) is 0 Å². The molecule has 2 bridgehead atoms. The molecule has 1 aromatic rings. The first kappa shape index (κ1) is 20.6. The fourth-order valence-electron chi connectivity index (χ4n) is 5.56. The topological polar surface area (TPSA) is 98.1 Å². The van der Waals surface area contributed by atoms with Crippen LogP contribution in [0.1, 0.15) is 53.1 Å². The van der Waals surface area contributed by atoms with Gasteiger partial charge in [-0.15, -0.1) is 0 Å². The summed E-state index contributed by atoms with van der Waals surface area (Å²) >= 11 is 0. The number of hydrogen-bond acceptors (Lipinski definition) is 4. The Balaban J connectivity index is 0.000000235. The molecule has 0 spiro atoms. The Morgan fingerprint density at radius 3 is 2.30 bits per heavy atom. The van der Waals surface area contributed by atoms with Crippen molar-refractivity contribution in [3.8, 4) is 0 Å². The molecule has 2 atom stereocenters. The fourth-order valence-corrected chi connectivity index (χ4v) is 5.56. The van der Waals surface area contributed by atoms with E-state index in [9.17, 15) is 14.4 Å². The monoisotopic (exact) mass is 412 g/mol. The Morgan fingerprint density at radius 1 is 1.00 bits per heavy atom. The number of benzene rings is 1. The third-order valence-electron chi connectivity index (χ3n) is 6.90. The van der Waals surface area contributed by atoms with Gasteiger partial charge in [0, 0.05) is 42.8 Å². The van der Waals surface area contributed by atoms with E-state index < -0.39 is 11.9 Å². The summed E-state index contributed by atoms with van der Waals surface area (Å²) in [6.45, 7) is 4.57. The van der Waals surface area contributed by atoms with Crippen LogP contribution in [0.2, 0.25) is 0 Å². The number of carboxylic acids is 2. The molecule has 7 nitrogen and oxygen atoms in total. The van der Waals surface area contributed by atoms with E-state index in [4.69, 9.17) is 10.2 Å². The standard InChI is InChI=1S/C19H24N2O.C4H4O4/c22-19-16-6-2-4-14-3-1-5-15(18(14)16)11-21(19)17-12-20-9-7-13(17)8-10-20;5-3(6)1-2-4(7)8/h2,4,6,13,15,17H,1,3,5,7-12H2;1-2H,(H,5,6)(H,7,8)/b;2-1-/t15-,17+;/m0./s1. The van der Waals surface area contributed by atoms with Crippen molar-refractivity contribution < 1.29 is 24.6 Å². The van der Waals surface area contributed by atoms with Crippen molar-refractivity contribution in [3.05, 3.63) is 47.0 Å². The number of fused-ring (bicyclic) bond motifs is 3. The summed E-state index contributed by atoms with van der Waals surface area (Å²) in [5.41, 5.74) is 3.86. The minimum Gasteiger partial charge on any atom is -0.478 e. The van der Waals surface area contributed by atoms with Gasteiger partial charge in [0.25, 0.3) is 5.91 Å². The Hall–Kier alpha value is -2.67. The maximum atomic E-state index is 13.1. The molecule has 1 aliphatic carbocycles. The van der Waals surface area contributed by atoms with Gasteiger partial charge in [0.1, 0.15) is 0 Å². The van der Waals surface area contributed by atoms with Crippen LogP contribution < -0.4 is 0 Å². The zero-order valence-electron chi connectivity index (χ0n) is 17.0. The molecule has 0 saturated carbocycles. The molecule has 30 heavy (non-hydrogen) atoms. The van der Waals surface area contributed by atoms with E-state index in [0.29, 0.717) is 30.0 Å². The van der Waals surface area contributed by atoms with E-state index >= 15 is 0 Å². The van der Waals surface area contributed by atoms with Crippen LogP contribution in [0.4, 0.5) is 0 Å². The van der Waals surface area contributed by atoms with Gasteiger partial charge < -0.3 is 20.0 Å². The van der Waals surface area contributed by atoms with Crippen LogP contribution in [0.15, 0.2) is 30.4 Å². The highest BCUT2D eigenvalue weighted by atomic mass is 16.4. The largest absolute Gasteiger partial charge is 0.478 e. The van der Waals surface area contributed by atoms with E-state index in [1.807, 2.05) is 0 Å². The first-order valence-corrected chi connectivity index (χ1v) is 10.7. The Labute approximate surface area is 176 Å². The van der Waals surface area contributed by atoms with Crippen LogP contribution in [0.5, 0.6) is 0 Å². The van der Waals surface area contributed by atoms with E-state index in [0.717, 1.165) is 31.0 Å². The quantitative estimate of drug-likeness (QED) is 0.740. The molecule has 4 aliphatic heterocycles. The average Bonchev–Trinajstić information content (AvgIpc) is 2.76. The lowest BCUT2D eigenvalue weighted by Gasteiger charge is -2.51. The van der Waals surface area contributed by atoms with Crippen LogP contribution in [0.25, 0.3) is 0 Å². The number of carboxylic acid groups (broad SMARTS) is 2. The summed E-state index contributed by atoms with van der Waals surface area (Å²) in [6, 6.07) is 6.87. The smallest absolute Gasteiger partial charge is 0.328 e. The van der Waals surface area contributed by atoms with Crippen LogP contribution in [0, 0.1) is 5.92 Å². The van der Waals surface area contributed by atoms with Gasteiger partial charge in [-0.1, -0.05) is 12.1 Å². The van der Waals surface area contributed by atoms with E-state index in [2.05, 4.69) is 28.0 Å². The maximum Gasteiger partial charge on any atom is 0.328 e. The summed E-state index contributed by atoms with van der Waals surface area (Å²) in [5.74, 6) is -0.871. The van der Waals surface area contributed by atoms with Crippen LogP contribution in [-0.2, 0) is 16.0 Å². The van der Waals surface area contributed by atoms with Crippen molar-refractivity contribution in [2.24, 2.45) is 5.92 Å². The van der Waals surface area contributed by atoms with Crippen molar-refractivity contribution in [3.63, 3.8) is 0 Å². The van der Waals surface area contributed by atoms with Crippen LogP contribution in [-0.4, -0.2) is 70.1 Å². The molecular weight excluding hydrogens is 384 g/mol. The second-order valence-electron chi connectivity index (χ2n) is 8.64. The van der Waals surface area contributed by atoms with Gasteiger partial charge in [0.2, 0.25) is 0 Å². The SMILES string of the molecule is O=C(O)/C=C\C(=O)O.O=C1c2cccc3c2[C@@H](CCC3)CN1[C@@H]1CN2CCC1CC2. The molecule has 3 saturated heterocycles. The van der Waals surface area contributed by atoms with Crippen molar-refractivity contribution in [2.45, 2.75) is 44.1 Å². The van der Waals surface area contributed by atoms with E-state index in [1.54, 1.807) is 0 Å².